The topological polar surface area (TPSA) is 32.3 Å². The van der Waals surface area contributed by atoms with E-state index in [1.54, 1.807) is 17.4 Å². The summed E-state index contributed by atoms with van der Waals surface area (Å²) in [6.45, 7) is 2.02. The van der Waals surface area contributed by atoms with Gasteiger partial charge in [-0.25, -0.2) is 0 Å². The van der Waals surface area contributed by atoms with Crippen LogP contribution in [0.3, 0.4) is 0 Å². The van der Waals surface area contributed by atoms with Crippen LogP contribution in [0.4, 0.5) is 0 Å². The summed E-state index contributed by atoms with van der Waals surface area (Å²) >= 11 is 13.8. The van der Waals surface area contributed by atoms with E-state index >= 15 is 0 Å². The summed E-state index contributed by atoms with van der Waals surface area (Å²) in [5.41, 5.74) is 0.999. The minimum absolute atomic E-state index is 0.0727. The Morgan fingerprint density at radius 2 is 2.21 bits per heavy atom. The Kier molecular flexibility index (Phi) is 6.17. The van der Waals surface area contributed by atoms with E-state index in [0.717, 1.165) is 24.9 Å². The van der Waals surface area contributed by atoms with Gasteiger partial charge in [0.05, 0.1) is 6.54 Å². The predicted molar refractivity (Wildman–Crippen MR) is 101 cm³/mol. The molecule has 1 aliphatic rings. The molecule has 2 aromatic rings. The lowest BCUT2D eigenvalue weighted by atomic mass is 10.1. The number of hydrogen-bond donors (Lipinski definition) is 1. The van der Waals surface area contributed by atoms with Crippen LogP contribution in [0.2, 0.25) is 10.0 Å². The SMILES string of the molecule is O=C(CN1CCC[C@@H]1c1cccs1)NCCc1ccc(Cl)cc1Cl. The van der Waals surface area contributed by atoms with Gasteiger partial charge in [0.1, 0.15) is 0 Å². The maximum absolute atomic E-state index is 12.2. The Hall–Kier alpha value is -1.07. The van der Waals surface area contributed by atoms with Crippen molar-refractivity contribution < 1.29 is 4.79 Å². The van der Waals surface area contributed by atoms with Crippen molar-refractivity contribution in [3.8, 4) is 0 Å². The van der Waals surface area contributed by atoms with Gasteiger partial charge in [0.2, 0.25) is 5.91 Å². The van der Waals surface area contributed by atoms with E-state index in [1.807, 2.05) is 12.1 Å². The molecule has 1 aromatic carbocycles. The van der Waals surface area contributed by atoms with Crippen LogP contribution in [0, 0.1) is 0 Å². The van der Waals surface area contributed by atoms with Gasteiger partial charge < -0.3 is 5.32 Å². The molecule has 3 nitrogen and oxygen atoms in total. The Morgan fingerprint density at radius 1 is 1.33 bits per heavy atom. The summed E-state index contributed by atoms with van der Waals surface area (Å²) in [6.07, 6.45) is 2.99. The lowest BCUT2D eigenvalue weighted by Gasteiger charge is -2.22. The van der Waals surface area contributed by atoms with Gasteiger partial charge in [0.25, 0.3) is 0 Å². The van der Waals surface area contributed by atoms with Crippen LogP contribution in [-0.4, -0.2) is 30.4 Å². The first-order valence-electron chi connectivity index (χ1n) is 8.11. The van der Waals surface area contributed by atoms with Crippen LogP contribution in [0.1, 0.15) is 29.3 Å². The molecule has 3 rings (SSSR count). The highest BCUT2D eigenvalue weighted by atomic mass is 35.5. The molecule has 0 aliphatic carbocycles. The van der Waals surface area contributed by atoms with Gasteiger partial charge in [-0.05, 0) is 54.9 Å². The largest absolute Gasteiger partial charge is 0.355 e. The van der Waals surface area contributed by atoms with Gasteiger partial charge in [-0.15, -0.1) is 11.3 Å². The molecule has 1 atom stereocenters. The van der Waals surface area contributed by atoms with E-state index in [4.69, 9.17) is 23.2 Å². The van der Waals surface area contributed by atoms with Crippen molar-refractivity contribution in [2.75, 3.05) is 19.6 Å². The number of rotatable bonds is 6. The first-order valence-corrected chi connectivity index (χ1v) is 9.75. The van der Waals surface area contributed by atoms with Gasteiger partial charge >= 0.3 is 0 Å². The van der Waals surface area contributed by atoms with Gasteiger partial charge in [0, 0.05) is 27.5 Å². The first kappa shape index (κ1) is 17.7. The van der Waals surface area contributed by atoms with Gasteiger partial charge in [0.15, 0.2) is 0 Å². The number of carbonyl (C=O) groups is 1. The number of carbonyl (C=O) groups excluding carboxylic acids is 1. The average Bonchev–Trinajstić information content (AvgIpc) is 3.20. The molecule has 1 aromatic heterocycles. The summed E-state index contributed by atoms with van der Waals surface area (Å²) in [7, 11) is 0. The summed E-state index contributed by atoms with van der Waals surface area (Å²) in [4.78, 5) is 15.9. The molecule has 24 heavy (non-hydrogen) atoms. The average molecular weight is 383 g/mol. The molecule has 1 aliphatic heterocycles. The van der Waals surface area contributed by atoms with E-state index in [1.165, 1.54) is 4.88 Å². The van der Waals surface area contributed by atoms with Gasteiger partial charge in [-0.2, -0.15) is 0 Å². The molecular formula is C18H20Cl2N2OS. The van der Waals surface area contributed by atoms with Crippen molar-refractivity contribution >= 4 is 40.4 Å². The summed E-state index contributed by atoms with van der Waals surface area (Å²) in [5, 5.41) is 6.37. The number of nitrogens with one attached hydrogen (secondary N) is 1. The van der Waals surface area contributed by atoms with E-state index in [9.17, 15) is 4.79 Å². The molecule has 2 heterocycles. The van der Waals surface area contributed by atoms with Crippen LogP contribution in [0.5, 0.6) is 0 Å². The minimum atomic E-state index is 0.0727. The zero-order chi connectivity index (χ0) is 16.9. The highest BCUT2D eigenvalue weighted by Gasteiger charge is 2.27. The first-order chi connectivity index (χ1) is 11.6. The molecule has 128 valence electrons. The number of thiophene rings is 1. The number of amides is 1. The van der Waals surface area contributed by atoms with E-state index < -0.39 is 0 Å². The maximum atomic E-state index is 12.2. The van der Waals surface area contributed by atoms with E-state index in [-0.39, 0.29) is 5.91 Å². The lowest BCUT2D eigenvalue weighted by Crippen LogP contribution is -2.37. The maximum Gasteiger partial charge on any atom is 0.234 e. The monoisotopic (exact) mass is 382 g/mol. The molecule has 1 fully saturated rings. The third-order valence-corrected chi connectivity index (χ3v) is 5.87. The third-order valence-electron chi connectivity index (χ3n) is 4.31. The number of benzene rings is 1. The highest BCUT2D eigenvalue weighted by Crippen LogP contribution is 2.33. The summed E-state index contributed by atoms with van der Waals surface area (Å²) < 4.78 is 0. The fourth-order valence-corrected chi connectivity index (χ4v) is 4.52. The summed E-state index contributed by atoms with van der Waals surface area (Å²) in [6, 6.07) is 10.1. The van der Waals surface area contributed by atoms with Crippen molar-refractivity contribution in [3.05, 3.63) is 56.2 Å². The van der Waals surface area contributed by atoms with Crippen molar-refractivity contribution in [1.29, 1.82) is 0 Å². The molecule has 1 saturated heterocycles. The van der Waals surface area contributed by atoms with Crippen LogP contribution in [0.25, 0.3) is 0 Å². The van der Waals surface area contributed by atoms with Crippen molar-refractivity contribution in [1.82, 2.24) is 10.2 Å². The second-order valence-corrected chi connectivity index (χ2v) is 7.80. The lowest BCUT2D eigenvalue weighted by molar-refractivity contribution is -0.122. The smallest absolute Gasteiger partial charge is 0.234 e. The van der Waals surface area contributed by atoms with E-state index in [0.29, 0.717) is 35.6 Å². The molecule has 1 N–H and O–H groups in total. The van der Waals surface area contributed by atoms with Gasteiger partial charge in [-0.3, -0.25) is 9.69 Å². The number of likely N-dealkylation sites (tertiary alicyclic amines) is 1. The quantitative estimate of drug-likeness (QED) is 0.794. The van der Waals surface area contributed by atoms with Crippen LogP contribution in [-0.2, 0) is 11.2 Å². The molecular weight excluding hydrogens is 363 g/mol. The fraction of sp³-hybridized carbons (Fsp3) is 0.389. The second-order valence-electron chi connectivity index (χ2n) is 5.98. The van der Waals surface area contributed by atoms with Crippen molar-refractivity contribution in [2.45, 2.75) is 25.3 Å². The normalized spacial score (nSPS) is 18.0. The molecule has 1 amide bonds. The van der Waals surface area contributed by atoms with Crippen LogP contribution >= 0.6 is 34.5 Å². The molecule has 0 spiro atoms. The van der Waals surface area contributed by atoms with E-state index in [2.05, 4.69) is 27.7 Å². The standard InChI is InChI=1S/C18H20Cl2N2OS/c19-14-6-5-13(15(20)11-14)7-8-21-18(23)12-22-9-1-3-16(22)17-4-2-10-24-17/h2,4-6,10-11,16H,1,3,7-9,12H2,(H,21,23)/t16-/m1/s1. The minimum Gasteiger partial charge on any atom is -0.355 e. The highest BCUT2D eigenvalue weighted by molar-refractivity contribution is 7.10. The van der Waals surface area contributed by atoms with Crippen molar-refractivity contribution in [2.24, 2.45) is 0 Å². The van der Waals surface area contributed by atoms with Crippen LogP contribution < -0.4 is 5.32 Å². The summed E-state index contributed by atoms with van der Waals surface area (Å²) in [5.74, 6) is 0.0727. The Morgan fingerprint density at radius 3 is 2.96 bits per heavy atom. The number of hydrogen-bond acceptors (Lipinski definition) is 3. The number of nitrogens with zero attached hydrogens (tertiary/aromatic N) is 1. The predicted octanol–water partition coefficient (Wildman–Crippen LogP) is 4.55. The molecule has 6 heteroatoms. The molecule has 0 unspecified atom stereocenters. The Labute approximate surface area is 156 Å². The second kappa shape index (κ2) is 8.34. The Balaban J connectivity index is 1.47. The molecule has 0 saturated carbocycles. The molecule has 0 radical (unpaired) electrons. The zero-order valence-corrected chi connectivity index (χ0v) is 15.6. The van der Waals surface area contributed by atoms with Crippen molar-refractivity contribution in [3.63, 3.8) is 0 Å². The number of halogens is 2. The third kappa shape index (κ3) is 4.51. The molecule has 0 bridgehead atoms. The zero-order valence-electron chi connectivity index (χ0n) is 13.3. The fourth-order valence-electron chi connectivity index (χ4n) is 3.12. The van der Waals surface area contributed by atoms with Gasteiger partial charge in [-0.1, -0.05) is 35.3 Å². The Bertz CT molecular complexity index is 690. The van der Waals surface area contributed by atoms with Crippen LogP contribution in [0.15, 0.2) is 35.7 Å².